The highest BCUT2D eigenvalue weighted by atomic mass is 14.9. The van der Waals surface area contributed by atoms with E-state index >= 15 is 0 Å². The Morgan fingerprint density at radius 1 is 0.765 bits per heavy atom. The van der Waals surface area contributed by atoms with Gasteiger partial charge in [-0.05, 0) is 32.2 Å². The summed E-state index contributed by atoms with van der Waals surface area (Å²) in [6, 6.07) is 0.690. The molecule has 0 aromatic heterocycles. The monoisotopic (exact) mass is 241 g/mol. The quantitative estimate of drug-likeness (QED) is 0.466. The van der Waals surface area contributed by atoms with Crippen molar-refractivity contribution in [3.63, 3.8) is 0 Å². The first kappa shape index (κ1) is 17.0. The smallest absolute Gasteiger partial charge is 0.00643 e. The molecule has 0 aromatic rings. The minimum absolute atomic E-state index is 0.690. The van der Waals surface area contributed by atoms with Gasteiger partial charge in [-0.15, -0.1) is 0 Å². The maximum atomic E-state index is 3.60. The summed E-state index contributed by atoms with van der Waals surface area (Å²) in [4.78, 5) is 0. The van der Waals surface area contributed by atoms with Crippen LogP contribution in [0, 0.1) is 5.92 Å². The molecule has 2 unspecified atom stereocenters. The molecule has 0 aromatic carbocycles. The second-order valence-electron chi connectivity index (χ2n) is 5.63. The zero-order chi connectivity index (χ0) is 12.9. The van der Waals surface area contributed by atoms with Crippen molar-refractivity contribution in [2.24, 2.45) is 5.92 Å². The molecule has 0 saturated heterocycles. The largest absolute Gasteiger partial charge is 0.314 e. The fourth-order valence-corrected chi connectivity index (χ4v) is 2.25. The van der Waals surface area contributed by atoms with Gasteiger partial charge in [0.2, 0.25) is 0 Å². The lowest BCUT2D eigenvalue weighted by atomic mass is 9.96. The molecular weight excluding hydrogens is 206 g/mol. The molecule has 0 heterocycles. The van der Waals surface area contributed by atoms with Gasteiger partial charge >= 0.3 is 0 Å². The van der Waals surface area contributed by atoms with Crippen LogP contribution in [0.2, 0.25) is 0 Å². The molecule has 0 bridgehead atoms. The van der Waals surface area contributed by atoms with Crippen LogP contribution in [-0.2, 0) is 0 Å². The third-order valence-corrected chi connectivity index (χ3v) is 3.83. The topological polar surface area (TPSA) is 12.0 Å². The number of hydrogen-bond acceptors (Lipinski definition) is 1. The van der Waals surface area contributed by atoms with Crippen LogP contribution in [0.25, 0.3) is 0 Å². The Bertz CT molecular complexity index is 144. The van der Waals surface area contributed by atoms with Crippen LogP contribution in [0.3, 0.4) is 0 Å². The molecule has 0 aliphatic rings. The van der Waals surface area contributed by atoms with E-state index in [1.807, 2.05) is 0 Å². The van der Waals surface area contributed by atoms with Crippen molar-refractivity contribution >= 4 is 0 Å². The van der Waals surface area contributed by atoms with Gasteiger partial charge in [0, 0.05) is 6.04 Å². The van der Waals surface area contributed by atoms with E-state index < -0.39 is 0 Å². The Hall–Kier alpha value is -0.0400. The van der Waals surface area contributed by atoms with Crippen LogP contribution < -0.4 is 5.32 Å². The Kier molecular flexibility index (Phi) is 12.4. The fraction of sp³-hybridized carbons (Fsp3) is 1.00. The molecule has 1 nitrogen and oxygen atoms in total. The molecule has 0 aliphatic heterocycles. The summed E-state index contributed by atoms with van der Waals surface area (Å²) in [6.07, 6.45) is 12.6. The van der Waals surface area contributed by atoms with Crippen LogP contribution in [-0.4, -0.2) is 12.6 Å². The first-order chi connectivity index (χ1) is 8.22. The van der Waals surface area contributed by atoms with Crippen molar-refractivity contribution in [1.29, 1.82) is 0 Å². The molecule has 0 radical (unpaired) electrons. The summed E-state index contributed by atoms with van der Waals surface area (Å²) >= 11 is 0. The third-order valence-electron chi connectivity index (χ3n) is 3.83. The standard InChI is InChI=1S/C16H35N/c1-5-7-8-9-10-11-12-13-15(3)16(4)17-14-6-2/h15-17H,5-14H2,1-4H3. The highest BCUT2D eigenvalue weighted by molar-refractivity contribution is 4.68. The van der Waals surface area contributed by atoms with E-state index in [-0.39, 0.29) is 0 Å². The summed E-state index contributed by atoms with van der Waals surface area (Å²) in [5.74, 6) is 0.831. The Morgan fingerprint density at radius 2 is 1.35 bits per heavy atom. The van der Waals surface area contributed by atoms with E-state index in [2.05, 4.69) is 33.0 Å². The van der Waals surface area contributed by atoms with Crippen molar-refractivity contribution in [3.8, 4) is 0 Å². The second-order valence-corrected chi connectivity index (χ2v) is 5.63. The zero-order valence-electron chi connectivity index (χ0n) is 12.7. The molecule has 1 heteroatoms. The molecule has 2 atom stereocenters. The van der Waals surface area contributed by atoms with Crippen molar-refractivity contribution < 1.29 is 0 Å². The van der Waals surface area contributed by atoms with Gasteiger partial charge in [-0.3, -0.25) is 0 Å². The highest BCUT2D eigenvalue weighted by Gasteiger charge is 2.10. The molecule has 0 fully saturated rings. The number of rotatable bonds is 12. The van der Waals surface area contributed by atoms with Crippen LogP contribution >= 0.6 is 0 Å². The van der Waals surface area contributed by atoms with Crippen molar-refractivity contribution in [1.82, 2.24) is 5.32 Å². The zero-order valence-corrected chi connectivity index (χ0v) is 12.7. The normalized spacial score (nSPS) is 14.8. The van der Waals surface area contributed by atoms with Crippen LogP contribution in [0.1, 0.15) is 85.5 Å². The lowest BCUT2D eigenvalue weighted by Gasteiger charge is -2.21. The molecule has 0 aliphatic carbocycles. The molecule has 0 saturated carbocycles. The summed E-state index contributed by atoms with van der Waals surface area (Å²) in [5.41, 5.74) is 0. The molecule has 17 heavy (non-hydrogen) atoms. The summed E-state index contributed by atoms with van der Waals surface area (Å²) < 4.78 is 0. The molecule has 104 valence electrons. The van der Waals surface area contributed by atoms with Crippen molar-refractivity contribution in [2.75, 3.05) is 6.54 Å². The molecule has 0 spiro atoms. The van der Waals surface area contributed by atoms with E-state index in [9.17, 15) is 0 Å². The lowest BCUT2D eigenvalue weighted by molar-refractivity contribution is 0.366. The van der Waals surface area contributed by atoms with E-state index in [1.54, 1.807) is 0 Å². The number of unbranched alkanes of at least 4 members (excludes halogenated alkanes) is 6. The predicted octanol–water partition coefficient (Wildman–Crippen LogP) is 5.15. The number of nitrogens with one attached hydrogen (secondary N) is 1. The Morgan fingerprint density at radius 3 is 1.94 bits per heavy atom. The third kappa shape index (κ3) is 10.8. The average Bonchev–Trinajstić information content (AvgIpc) is 2.34. The first-order valence-corrected chi connectivity index (χ1v) is 7.95. The van der Waals surface area contributed by atoms with Gasteiger partial charge in [-0.1, -0.05) is 65.7 Å². The average molecular weight is 241 g/mol. The molecule has 0 rings (SSSR count). The summed E-state index contributed by atoms with van der Waals surface area (Å²) in [5, 5.41) is 3.60. The van der Waals surface area contributed by atoms with E-state index in [0.717, 1.165) is 5.92 Å². The summed E-state index contributed by atoms with van der Waals surface area (Å²) in [6.45, 7) is 10.4. The van der Waals surface area contributed by atoms with Crippen molar-refractivity contribution in [2.45, 2.75) is 91.5 Å². The molecule has 1 N–H and O–H groups in total. The minimum Gasteiger partial charge on any atom is -0.314 e. The van der Waals surface area contributed by atoms with Crippen LogP contribution in [0.4, 0.5) is 0 Å². The SMILES string of the molecule is CCCCCCCCCC(C)C(C)NCCC. The maximum absolute atomic E-state index is 3.60. The molecule has 0 amide bonds. The maximum Gasteiger partial charge on any atom is 0.00643 e. The van der Waals surface area contributed by atoms with Crippen molar-refractivity contribution in [3.05, 3.63) is 0 Å². The van der Waals surface area contributed by atoms with Gasteiger partial charge in [0.1, 0.15) is 0 Å². The summed E-state index contributed by atoms with van der Waals surface area (Å²) in [7, 11) is 0. The van der Waals surface area contributed by atoms with Gasteiger partial charge in [-0.2, -0.15) is 0 Å². The van der Waals surface area contributed by atoms with E-state index in [1.165, 1.54) is 64.3 Å². The van der Waals surface area contributed by atoms with Gasteiger partial charge < -0.3 is 5.32 Å². The Labute approximate surface area is 110 Å². The predicted molar refractivity (Wildman–Crippen MR) is 79.5 cm³/mol. The fourth-order valence-electron chi connectivity index (χ4n) is 2.25. The van der Waals surface area contributed by atoms with Crippen LogP contribution in [0.15, 0.2) is 0 Å². The van der Waals surface area contributed by atoms with E-state index in [0.29, 0.717) is 6.04 Å². The first-order valence-electron chi connectivity index (χ1n) is 7.95. The minimum atomic E-state index is 0.690. The van der Waals surface area contributed by atoms with Crippen LogP contribution in [0.5, 0.6) is 0 Å². The van der Waals surface area contributed by atoms with E-state index in [4.69, 9.17) is 0 Å². The Balaban J connectivity index is 3.28. The second kappa shape index (κ2) is 12.4. The van der Waals surface area contributed by atoms with Gasteiger partial charge in [0.25, 0.3) is 0 Å². The number of hydrogen-bond donors (Lipinski definition) is 1. The highest BCUT2D eigenvalue weighted by Crippen LogP contribution is 2.15. The van der Waals surface area contributed by atoms with Gasteiger partial charge in [0.15, 0.2) is 0 Å². The molecular formula is C16H35N. The van der Waals surface area contributed by atoms with Gasteiger partial charge in [0.05, 0.1) is 0 Å². The van der Waals surface area contributed by atoms with Gasteiger partial charge in [-0.25, -0.2) is 0 Å². The lowest BCUT2D eigenvalue weighted by Crippen LogP contribution is -2.32.